The first-order valence-corrected chi connectivity index (χ1v) is 9.34. The normalized spacial score (nSPS) is 12.3. The molecule has 0 bridgehead atoms. The summed E-state index contributed by atoms with van der Waals surface area (Å²) in [5.74, 6) is -1.41. The van der Waals surface area contributed by atoms with E-state index in [-0.39, 0.29) is 29.3 Å². The van der Waals surface area contributed by atoms with Crippen LogP contribution in [0, 0.1) is 0 Å². The summed E-state index contributed by atoms with van der Waals surface area (Å²) < 4.78 is 88.5. The van der Waals surface area contributed by atoms with Crippen LogP contribution in [0.5, 0.6) is 0 Å². The molecular weight excluding hydrogens is 454 g/mol. The van der Waals surface area contributed by atoms with Crippen molar-refractivity contribution in [1.29, 1.82) is 0 Å². The van der Waals surface area contributed by atoms with Gasteiger partial charge in [-0.2, -0.15) is 26.3 Å². The third-order valence-electron chi connectivity index (χ3n) is 4.90. The Morgan fingerprint density at radius 3 is 2.12 bits per heavy atom. The summed E-state index contributed by atoms with van der Waals surface area (Å²) >= 11 is 0. The summed E-state index contributed by atoms with van der Waals surface area (Å²) in [6.45, 7) is -0.577. The Hall–Kier alpha value is -3.82. The molecule has 0 spiro atoms. The predicted octanol–water partition coefficient (Wildman–Crippen LogP) is 6.34. The molecule has 4 nitrogen and oxygen atoms in total. The van der Waals surface area contributed by atoms with Crippen molar-refractivity contribution in [3.05, 3.63) is 93.3 Å². The Morgan fingerprint density at radius 2 is 1.48 bits per heavy atom. The first kappa shape index (κ1) is 22.4. The largest absolute Gasteiger partial charge is 0.457 e. The van der Waals surface area contributed by atoms with E-state index < -0.39 is 47.2 Å². The molecule has 0 aliphatic heterocycles. The molecule has 0 saturated heterocycles. The summed E-state index contributed by atoms with van der Waals surface area (Å²) in [6.07, 6.45) is -10.2. The van der Waals surface area contributed by atoms with Gasteiger partial charge >= 0.3 is 23.9 Å². The van der Waals surface area contributed by atoms with Crippen LogP contribution in [0.1, 0.15) is 27.0 Å². The third kappa shape index (κ3) is 4.55. The summed E-state index contributed by atoms with van der Waals surface area (Å²) in [5.41, 5.74) is -4.58. The highest BCUT2D eigenvalue weighted by atomic mass is 19.4. The second-order valence-electron chi connectivity index (χ2n) is 7.12. The first-order valence-electron chi connectivity index (χ1n) is 9.34. The topological polar surface area (TPSA) is 56.5 Å². The number of carbonyl (C=O) groups excluding carboxylic acids is 1. The number of benzene rings is 3. The van der Waals surface area contributed by atoms with Gasteiger partial charge in [0.25, 0.3) is 0 Å². The van der Waals surface area contributed by atoms with Crippen LogP contribution in [0.15, 0.2) is 69.9 Å². The Labute approximate surface area is 181 Å². The summed E-state index contributed by atoms with van der Waals surface area (Å²) in [7, 11) is 0. The van der Waals surface area contributed by atoms with Gasteiger partial charge in [0.05, 0.1) is 16.7 Å². The van der Waals surface area contributed by atoms with Crippen LogP contribution < -0.4 is 5.63 Å². The maximum Gasteiger partial charge on any atom is 0.416 e. The Morgan fingerprint density at radius 1 is 0.848 bits per heavy atom. The van der Waals surface area contributed by atoms with Gasteiger partial charge in [-0.3, -0.25) is 0 Å². The van der Waals surface area contributed by atoms with Gasteiger partial charge < -0.3 is 9.15 Å². The molecule has 33 heavy (non-hydrogen) atoms. The van der Waals surface area contributed by atoms with Gasteiger partial charge in [-0.1, -0.05) is 30.3 Å². The zero-order chi connectivity index (χ0) is 24.0. The van der Waals surface area contributed by atoms with Crippen LogP contribution >= 0.6 is 0 Å². The zero-order valence-corrected chi connectivity index (χ0v) is 16.4. The molecule has 0 fully saturated rings. The molecule has 1 aromatic heterocycles. The van der Waals surface area contributed by atoms with E-state index in [2.05, 4.69) is 0 Å². The smallest absolute Gasteiger partial charge is 0.416 e. The number of ether oxygens (including phenoxy) is 1. The van der Waals surface area contributed by atoms with Crippen LogP contribution in [0.2, 0.25) is 0 Å². The molecular formula is C23H12F6O4. The lowest BCUT2D eigenvalue weighted by Gasteiger charge is -2.14. The minimum Gasteiger partial charge on any atom is -0.457 e. The SMILES string of the molecule is O=C(OCc1cc(=O)oc2ccc3ccccc3c12)c1cc(C(F)(F)F)cc(C(F)(F)F)c1. The monoisotopic (exact) mass is 466 g/mol. The van der Waals surface area contributed by atoms with Gasteiger partial charge in [0.15, 0.2) is 0 Å². The van der Waals surface area contributed by atoms with Gasteiger partial charge in [0.1, 0.15) is 12.2 Å². The molecule has 0 aliphatic carbocycles. The van der Waals surface area contributed by atoms with E-state index in [1.807, 2.05) is 0 Å². The molecule has 0 atom stereocenters. The number of carbonyl (C=O) groups is 1. The third-order valence-corrected chi connectivity index (χ3v) is 4.90. The second-order valence-corrected chi connectivity index (χ2v) is 7.12. The molecule has 10 heteroatoms. The van der Waals surface area contributed by atoms with Crippen molar-refractivity contribution in [1.82, 2.24) is 0 Å². The Bertz CT molecular complexity index is 1400. The van der Waals surface area contributed by atoms with Gasteiger partial charge in [0.2, 0.25) is 0 Å². The standard InChI is InChI=1S/C23H12F6O4/c24-22(25,26)15-7-13(8-16(10-15)23(27,28)29)21(31)32-11-14-9-19(30)33-18-6-5-12-3-1-2-4-17(12)20(14)18/h1-10H,11H2. The van der Waals surface area contributed by atoms with Crippen LogP contribution in [-0.2, 0) is 23.7 Å². The van der Waals surface area contributed by atoms with Gasteiger partial charge in [-0.25, -0.2) is 9.59 Å². The highest BCUT2D eigenvalue weighted by molar-refractivity contribution is 6.07. The predicted molar refractivity (Wildman–Crippen MR) is 106 cm³/mol. The lowest BCUT2D eigenvalue weighted by atomic mass is 10.0. The van der Waals surface area contributed by atoms with Crippen molar-refractivity contribution in [3.63, 3.8) is 0 Å². The highest BCUT2D eigenvalue weighted by Crippen LogP contribution is 2.36. The number of hydrogen-bond acceptors (Lipinski definition) is 4. The molecule has 1 heterocycles. The molecule has 4 rings (SSSR count). The van der Waals surface area contributed by atoms with E-state index in [0.717, 1.165) is 11.5 Å². The fraction of sp³-hybridized carbons (Fsp3) is 0.130. The molecule has 0 saturated carbocycles. The van der Waals surface area contributed by atoms with Crippen molar-refractivity contribution in [2.45, 2.75) is 19.0 Å². The van der Waals surface area contributed by atoms with Gasteiger partial charge in [-0.05, 0) is 35.0 Å². The average Bonchev–Trinajstić information content (AvgIpc) is 2.75. The van der Waals surface area contributed by atoms with Crippen LogP contribution in [-0.4, -0.2) is 5.97 Å². The minimum atomic E-state index is -5.11. The van der Waals surface area contributed by atoms with Gasteiger partial charge in [0, 0.05) is 17.0 Å². The van der Waals surface area contributed by atoms with Crippen LogP contribution in [0.3, 0.4) is 0 Å². The second kappa shape index (κ2) is 7.95. The lowest BCUT2D eigenvalue weighted by molar-refractivity contribution is -0.143. The van der Waals surface area contributed by atoms with E-state index in [0.29, 0.717) is 10.8 Å². The minimum absolute atomic E-state index is 0.0845. The maximum atomic E-state index is 13.1. The summed E-state index contributed by atoms with van der Waals surface area (Å²) in [6, 6.07) is 11.8. The fourth-order valence-electron chi connectivity index (χ4n) is 3.43. The summed E-state index contributed by atoms with van der Waals surface area (Å²) in [5, 5.41) is 1.86. The number of halogens is 6. The zero-order valence-electron chi connectivity index (χ0n) is 16.4. The lowest BCUT2D eigenvalue weighted by Crippen LogP contribution is -2.15. The van der Waals surface area contributed by atoms with Crippen LogP contribution in [0.4, 0.5) is 26.3 Å². The number of rotatable bonds is 3. The molecule has 4 aromatic rings. The van der Waals surface area contributed by atoms with Crippen LogP contribution in [0.25, 0.3) is 21.7 Å². The highest BCUT2D eigenvalue weighted by Gasteiger charge is 2.37. The van der Waals surface area contributed by atoms with Gasteiger partial charge in [-0.15, -0.1) is 0 Å². The molecule has 0 aliphatic rings. The van der Waals surface area contributed by atoms with E-state index in [4.69, 9.17) is 9.15 Å². The van der Waals surface area contributed by atoms with E-state index in [1.54, 1.807) is 30.3 Å². The van der Waals surface area contributed by atoms with Crippen molar-refractivity contribution >= 4 is 27.7 Å². The quantitative estimate of drug-likeness (QED) is 0.153. The first-order chi connectivity index (χ1) is 15.4. The fourth-order valence-corrected chi connectivity index (χ4v) is 3.43. The van der Waals surface area contributed by atoms with Crippen molar-refractivity contribution in [2.75, 3.05) is 0 Å². The number of fused-ring (bicyclic) bond motifs is 3. The summed E-state index contributed by atoms with van der Waals surface area (Å²) in [4.78, 5) is 24.3. The number of esters is 1. The van der Waals surface area contributed by atoms with E-state index in [9.17, 15) is 35.9 Å². The molecule has 0 radical (unpaired) electrons. The number of hydrogen-bond donors (Lipinski definition) is 0. The molecule has 0 N–H and O–H groups in total. The molecule has 3 aromatic carbocycles. The Balaban J connectivity index is 1.73. The molecule has 170 valence electrons. The van der Waals surface area contributed by atoms with Crippen molar-refractivity contribution < 1.29 is 40.3 Å². The van der Waals surface area contributed by atoms with E-state index >= 15 is 0 Å². The maximum absolute atomic E-state index is 13.1. The van der Waals surface area contributed by atoms with Crippen molar-refractivity contribution in [2.24, 2.45) is 0 Å². The average molecular weight is 466 g/mol. The number of alkyl halides is 6. The van der Waals surface area contributed by atoms with E-state index in [1.165, 1.54) is 6.07 Å². The Kier molecular flexibility index (Phi) is 5.39. The molecule has 0 unspecified atom stereocenters. The molecule has 0 amide bonds. The van der Waals surface area contributed by atoms with Crippen molar-refractivity contribution in [3.8, 4) is 0 Å².